The van der Waals surface area contributed by atoms with Crippen molar-refractivity contribution in [1.82, 2.24) is 10.3 Å². The Bertz CT molecular complexity index is 1140. The molecule has 0 aliphatic carbocycles. The third kappa shape index (κ3) is 6.44. The molecule has 1 heterocycles. The van der Waals surface area contributed by atoms with Crippen LogP contribution in [0.15, 0.2) is 48.5 Å². The van der Waals surface area contributed by atoms with E-state index in [0.29, 0.717) is 42.8 Å². The Morgan fingerprint density at radius 2 is 1.79 bits per heavy atom. The number of hydrogen-bond acceptors (Lipinski definition) is 5. The van der Waals surface area contributed by atoms with E-state index in [2.05, 4.69) is 10.3 Å². The topological polar surface area (TPSA) is 97.8 Å². The predicted molar refractivity (Wildman–Crippen MR) is 127 cm³/mol. The van der Waals surface area contributed by atoms with Gasteiger partial charge in [-0.25, -0.2) is 14.6 Å². The summed E-state index contributed by atoms with van der Waals surface area (Å²) < 4.78 is 11.3. The van der Waals surface area contributed by atoms with Crippen molar-refractivity contribution in [1.29, 1.82) is 0 Å². The third-order valence-corrected chi connectivity index (χ3v) is 5.07. The summed E-state index contributed by atoms with van der Waals surface area (Å²) in [6, 6.07) is 15.4. The minimum atomic E-state index is -1.08. The van der Waals surface area contributed by atoms with Crippen LogP contribution in [-0.4, -0.2) is 34.3 Å². The van der Waals surface area contributed by atoms with Gasteiger partial charge in [0.25, 0.3) is 0 Å². The van der Waals surface area contributed by atoms with Crippen LogP contribution in [0.5, 0.6) is 5.75 Å². The molecule has 0 unspecified atom stereocenters. The molecule has 0 saturated heterocycles. The fraction of sp³-hybridized carbons (Fsp3) is 0.346. The van der Waals surface area contributed by atoms with Crippen LogP contribution >= 0.6 is 0 Å². The number of benzene rings is 2. The Balaban J connectivity index is 1.83. The van der Waals surface area contributed by atoms with Crippen LogP contribution in [0, 0.1) is 6.92 Å². The Morgan fingerprint density at radius 1 is 1.06 bits per heavy atom. The van der Waals surface area contributed by atoms with E-state index in [-0.39, 0.29) is 5.69 Å². The number of amides is 1. The van der Waals surface area contributed by atoms with Crippen molar-refractivity contribution < 1.29 is 24.2 Å². The average molecular weight is 451 g/mol. The molecule has 7 nitrogen and oxygen atoms in total. The maximum absolute atomic E-state index is 11.9. The first kappa shape index (κ1) is 24.0. The molecule has 2 aromatic carbocycles. The van der Waals surface area contributed by atoms with E-state index in [1.807, 2.05) is 63.2 Å². The number of aryl methyl sites for hydroxylation is 1. The zero-order valence-electron chi connectivity index (χ0n) is 19.5. The number of carboxylic acid groups (broad SMARTS) is 1. The zero-order valence-corrected chi connectivity index (χ0v) is 19.5. The van der Waals surface area contributed by atoms with Gasteiger partial charge in [0.1, 0.15) is 23.5 Å². The second-order valence-corrected chi connectivity index (χ2v) is 8.83. The Kier molecular flexibility index (Phi) is 7.53. The molecule has 1 amide bonds. The van der Waals surface area contributed by atoms with Crippen LogP contribution in [-0.2, 0) is 17.8 Å². The van der Waals surface area contributed by atoms with Gasteiger partial charge in [0.15, 0.2) is 5.69 Å². The molecule has 7 heteroatoms. The van der Waals surface area contributed by atoms with Crippen molar-refractivity contribution >= 4 is 23.0 Å². The van der Waals surface area contributed by atoms with Gasteiger partial charge in [-0.2, -0.15) is 0 Å². The fourth-order valence-electron chi connectivity index (χ4n) is 3.57. The molecule has 1 aromatic heterocycles. The number of carboxylic acids is 1. The number of pyridine rings is 1. The summed E-state index contributed by atoms with van der Waals surface area (Å²) in [6.45, 7) is 7.96. The van der Waals surface area contributed by atoms with Crippen LogP contribution < -0.4 is 10.1 Å². The molecular formula is C26H30N2O5. The number of hydrogen-bond donors (Lipinski definition) is 2. The molecule has 2 N–H and O–H groups in total. The number of carbonyl (C=O) groups is 2. The fourth-order valence-corrected chi connectivity index (χ4v) is 3.57. The number of para-hydroxylation sites is 1. The smallest absolute Gasteiger partial charge is 0.407 e. The summed E-state index contributed by atoms with van der Waals surface area (Å²) in [4.78, 5) is 28.2. The highest BCUT2D eigenvalue weighted by molar-refractivity contribution is 5.95. The Labute approximate surface area is 193 Å². The number of aromatic carboxylic acids is 1. The number of carbonyl (C=O) groups excluding carboxylic acids is 1. The lowest BCUT2D eigenvalue weighted by molar-refractivity contribution is 0.0526. The van der Waals surface area contributed by atoms with Crippen LogP contribution in [0.3, 0.4) is 0 Å². The van der Waals surface area contributed by atoms with Gasteiger partial charge in [-0.05, 0) is 63.3 Å². The minimum Gasteiger partial charge on any atom is -0.487 e. The highest BCUT2D eigenvalue weighted by atomic mass is 16.6. The number of ether oxygens (including phenoxy) is 2. The molecule has 0 atom stereocenters. The summed E-state index contributed by atoms with van der Waals surface area (Å²) >= 11 is 0. The van der Waals surface area contributed by atoms with E-state index in [1.54, 1.807) is 13.0 Å². The molecule has 0 spiro atoms. The number of aromatic nitrogens is 1. The van der Waals surface area contributed by atoms with E-state index >= 15 is 0 Å². The predicted octanol–water partition coefficient (Wildman–Crippen LogP) is 5.28. The van der Waals surface area contributed by atoms with Gasteiger partial charge in [-0.1, -0.05) is 42.5 Å². The van der Waals surface area contributed by atoms with Crippen molar-refractivity contribution in [2.75, 3.05) is 6.54 Å². The molecule has 174 valence electrons. The number of nitrogens with zero attached hydrogens (tertiary/aromatic N) is 1. The summed E-state index contributed by atoms with van der Waals surface area (Å²) in [5.41, 5.74) is 2.48. The first-order valence-corrected chi connectivity index (χ1v) is 10.9. The molecule has 3 aromatic rings. The normalized spacial score (nSPS) is 11.3. The third-order valence-electron chi connectivity index (χ3n) is 5.07. The lowest BCUT2D eigenvalue weighted by Crippen LogP contribution is -2.33. The van der Waals surface area contributed by atoms with Gasteiger partial charge in [0, 0.05) is 11.9 Å². The van der Waals surface area contributed by atoms with Gasteiger partial charge in [-0.3, -0.25) is 0 Å². The molecule has 0 aliphatic rings. The average Bonchev–Trinajstić information content (AvgIpc) is 2.75. The van der Waals surface area contributed by atoms with Gasteiger partial charge in [0.2, 0.25) is 0 Å². The number of fused-ring (bicyclic) bond motifs is 1. The largest absolute Gasteiger partial charge is 0.487 e. The first-order chi connectivity index (χ1) is 15.7. The summed E-state index contributed by atoms with van der Waals surface area (Å²) in [5.74, 6) is -0.549. The maximum atomic E-state index is 11.9. The van der Waals surface area contributed by atoms with Crippen molar-refractivity contribution in [3.63, 3.8) is 0 Å². The molecule has 0 aliphatic heterocycles. The Hall–Kier alpha value is -3.61. The first-order valence-electron chi connectivity index (χ1n) is 10.9. The van der Waals surface area contributed by atoms with Crippen molar-refractivity contribution in [3.05, 3.63) is 70.9 Å². The molecule has 0 saturated carbocycles. The van der Waals surface area contributed by atoms with Gasteiger partial charge in [0.05, 0.1) is 0 Å². The second kappa shape index (κ2) is 10.3. The summed E-state index contributed by atoms with van der Waals surface area (Å²) in [7, 11) is 0. The zero-order chi connectivity index (χ0) is 24.0. The Morgan fingerprint density at radius 3 is 2.45 bits per heavy atom. The standard InChI is InChI=1S/C26H30N2O5/c1-17-19(13-9-15-27-25(31)33-26(2,3)4)20-12-8-14-21(23(20)28-22(17)24(29)30)32-16-18-10-6-5-7-11-18/h5-8,10-12,14H,9,13,15-16H2,1-4H3,(H,27,31)(H,29,30). The molecule has 33 heavy (non-hydrogen) atoms. The monoisotopic (exact) mass is 450 g/mol. The number of rotatable bonds is 8. The van der Waals surface area contributed by atoms with E-state index in [1.165, 1.54) is 0 Å². The van der Waals surface area contributed by atoms with Gasteiger partial charge in [-0.15, -0.1) is 0 Å². The number of nitrogens with one attached hydrogen (secondary N) is 1. The summed E-state index contributed by atoms with van der Waals surface area (Å²) in [5, 5.41) is 13.3. The molecule has 0 radical (unpaired) electrons. The number of alkyl carbamates (subject to hydrolysis) is 1. The van der Waals surface area contributed by atoms with Crippen LogP contribution in [0.25, 0.3) is 10.9 Å². The molecule has 3 rings (SSSR count). The maximum Gasteiger partial charge on any atom is 0.407 e. The van der Waals surface area contributed by atoms with E-state index in [0.717, 1.165) is 16.5 Å². The van der Waals surface area contributed by atoms with Gasteiger partial charge < -0.3 is 19.9 Å². The molecular weight excluding hydrogens is 420 g/mol. The highest BCUT2D eigenvalue weighted by Gasteiger charge is 2.19. The second-order valence-electron chi connectivity index (χ2n) is 8.83. The van der Waals surface area contributed by atoms with Crippen molar-refractivity contribution in [2.45, 2.75) is 52.7 Å². The molecule has 0 fully saturated rings. The highest BCUT2D eigenvalue weighted by Crippen LogP contribution is 2.31. The van der Waals surface area contributed by atoms with Crippen LogP contribution in [0.2, 0.25) is 0 Å². The SMILES string of the molecule is Cc1c(C(=O)O)nc2c(OCc3ccccc3)cccc2c1CCCNC(=O)OC(C)(C)C. The van der Waals surface area contributed by atoms with Crippen molar-refractivity contribution in [3.8, 4) is 5.75 Å². The molecule has 0 bridgehead atoms. The van der Waals surface area contributed by atoms with E-state index in [9.17, 15) is 14.7 Å². The lowest BCUT2D eigenvalue weighted by Gasteiger charge is -2.20. The quantitative estimate of drug-likeness (QED) is 0.453. The van der Waals surface area contributed by atoms with Crippen LogP contribution in [0.4, 0.5) is 4.79 Å². The lowest BCUT2D eigenvalue weighted by atomic mass is 9.97. The van der Waals surface area contributed by atoms with Crippen LogP contribution in [0.1, 0.15) is 54.4 Å². The van der Waals surface area contributed by atoms with Gasteiger partial charge >= 0.3 is 12.1 Å². The van der Waals surface area contributed by atoms with Crippen molar-refractivity contribution in [2.24, 2.45) is 0 Å². The van der Waals surface area contributed by atoms with E-state index < -0.39 is 17.7 Å². The summed E-state index contributed by atoms with van der Waals surface area (Å²) in [6.07, 6.45) is 0.720. The van der Waals surface area contributed by atoms with E-state index in [4.69, 9.17) is 9.47 Å². The minimum absolute atomic E-state index is 0.00774.